The molecule has 18 heavy (non-hydrogen) atoms. The highest BCUT2D eigenvalue weighted by molar-refractivity contribution is 7.89. The van der Waals surface area contributed by atoms with Crippen LogP contribution >= 0.6 is 0 Å². The van der Waals surface area contributed by atoms with Gasteiger partial charge in [-0.05, 0) is 6.42 Å². The molecule has 2 aliphatic rings. The summed E-state index contributed by atoms with van der Waals surface area (Å²) in [4.78, 5) is 16.7. The topological polar surface area (TPSA) is 76.2 Å². The predicted octanol–water partition coefficient (Wildman–Crippen LogP) is -0.798. The van der Waals surface area contributed by atoms with E-state index >= 15 is 0 Å². The van der Waals surface area contributed by atoms with Gasteiger partial charge in [-0.1, -0.05) is 0 Å². The van der Waals surface area contributed by atoms with Crippen LogP contribution in [0.5, 0.6) is 0 Å². The monoisotopic (exact) mass is 278 g/mol. The Labute approximate surface area is 107 Å². The van der Waals surface area contributed by atoms with Crippen LogP contribution in [0.2, 0.25) is 0 Å². The summed E-state index contributed by atoms with van der Waals surface area (Å²) < 4.78 is 30.4. The molecule has 0 unspecified atom stereocenters. The number of morpholine rings is 1. The average Bonchev–Trinajstić information content (AvgIpc) is 2.91. The Hall–Kier alpha value is -0.700. The second-order valence-corrected chi connectivity index (χ2v) is 6.35. The zero-order valence-electron chi connectivity index (χ0n) is 10.2. The number of carbonyl (C=O) groups is 1. The molecule has 2 aliphatic heterocycles. The fourth-order valence-electron chi connectivity index (χ4n) is 1.94. The van der Waals surface area contributed by atoms with Gasteiger partial charge in [0.2, 0.25) is 15.9 Å². The summed E-state index contributed by atoms with van der Waals surface area (Å²) in [6.07, 6.45) is 0.779. The normalized spacial score (nSPS) is 22.3. The van der Waals surface area contributed by atoms with Crippen LogP contribution in [0.1, 0.15) is 12.8 Å². The third-order valence-corrected chi connectivity index (χ3v) is 4.84. The Balaban J connectivity index is 1.82. The van der Waals surface area contributed by atoms with E-state index in [2.05, 4.69) is 0 Å². The highest BCUT2D eigenvalue weighted by Crippen LogP contribution is 2.10. The van der Waals surface area contributed by atoms with Crippen molar-refractivity contribution in [1.29, 1.82) is 0 Å². The Morgan fingerprint density at radius 3 is 2.44 bits per heavy atom. The van der Waals surface area contributed by atoms with E-state index in [9.17, 15) is 13.2 Å². The van der Waals surface area contributed by atoms with E-state index < -0.39 is 10.0 Å². The molecular formula is C10H18N2O5S. The van der Waals surface area contributed by atoms with Gasteiger partial charge in [0.1, 0.15) is 0 Å². The zero-order valence-corrected chi connectivity index (χ0v) is 11.0. The first-order valence-electron chi connectivity index (χ1n) is 6.08. The van der Waals surface area contributed by atoms with E-state index in [0.29, 0.717) is 39.5 Å². The van der Waals surface area contributed by atoms with Gasteiger partial charge in [-0.15, -0.1) is 0 Å². The number of hydrogen-bond acceptors (Lipinski definition) is 5. The maximum atomic E-state index is 12.0. The summed E-state index contributed by atoms with van der Waals surface area (Å²) >= 11 is 0. The van der Waals surface area contributed by atoms with Crippen molar-refractivity contribution in [3.8, 4) is 0 Å². The summed E-state index contributed by atoms with van der Waals surface area (Å²) in [5, 5.41) is 1.26. The van der Waals surface area contributed by atoms with E-state index in [4.69, 9.17) is 9.57 Å². The molecule has 0 spiro atoms. The number of carbonyl (C=O) groups excluding carboxylic acids is 1. The molecule has 0 atom stereocenters. The largest absolute Gasteiger partial charge is 0.379 e. The molecule has 0 bridgehead atoms. The zero-order chi connectivity index (χ0) is 13.0. The molecule has 2 fully saturated rings. The third-order valence-electron chi connectivity index (χ3n) is 2.97. The molecule has 2 rings (SSSR count). The van der Waals surface area contributed by atoms with Gasteiger partial charge in [0, 0.05) is 19.5 Å². The van der Waals surface area contributed by atoms with Crippen molar-refractivity contribution in [1.82, 2.24) is 9.37 Å². The standard InChI is InChI=1S/C10H18N2O5S/c13-10(12-3-1-6-17-12)2-9-18(14,15)11-4-7-16-8-5-11/h1-9H2. The highest BCUT2D eigenvalue weighted by atomic mass is 32.2. The van der Waals surface area contributed by atoms with Crippen LogP contribution in [0.3, 0.4) is 0 Å². The molecular weight excluding hydrogens is 260 g/mol. The molecule has 0 aliphatic carbocycles. The lowest BCUT2D eigenvalue weighted by Gasteiger charge is -2.26. The van der Waals surface area contributed by atoms with Crippen LogP contribution in [0, 0.1) is 0 Å². The molecule has 2 heterocycles. The minimum absolute atomic E-state index is 0.0281. The Kier molecular flexibility index (Phi) is 4.55. The van der Waals surface area contributed by atoms with Gasteiger partial charge < -0.3 is 4.74 Å². The Morgan fingerprint density at radius 2 is 1.83 bits per heavy atom. The fraction of sp³-hybridized carbons (Fsp3) is 0.900. The summed E-state index contributed by atoms with van der Waals surface area (Å²) in [6, 6.07) is 0. The van der Waals surface area contributed by atoms with Gasteiger partial charge in [0.15, 0.2) is 0 Å². The lowest BCUT2D eigenvalue weighted by molar-refractivity contribution is -0.168. The molecule has 104 valence electrons. The molecule has 0 saturated carbocycles. The van der Waals surface area contributed by atoms with Crippen molar-refractivity contribution in [2.75, 3.05) is 45.2 Å². The molecule has 7 nitrogen and oxygen atoms in total. The second-order valence-electron chi connectivity index (χ2n) is 4.26. The summed E-state index contributed by atoms with van der Waals surface area (Å²) in [6.45, 7) is 2.66. The lowest BCUT2D eigenvalue weighted by atomic mass is 10.4. The lowest BCUT2D eigenvalue weighted by Crippen LogP contribution is -2.42. The van der Waals surface area contributed by atoms with Gasteiger partial charge in [0.25, 0.3) is 0 Å². The highest BCUT2D eigenvalue weighted by Gasteiger charge is 2.27. The minimum Gasteiger partial charge on any atom is -0.379 e. The average molecular weight is 278 g/mol. The van der Waals surface area contributed by atoms with Crippen LogP contribution in [0.25, 0.3) is 0 Å². The number of hydroxylamine groups is 2. The number of ether oxygens (including phenoxy) is 1. The number of nitrogens with zero attached hydrogens (tertiary/aromatic N) is 2. The molecule has 0 aromatic heterocycles. The predicted molar refractivity (Wildman–Crippen MR) is 63.1 cm³/mol. The number of amides is 1. The van der Waals surface area contributed by atoms with Crippen molar-refractivity contribution in [2.45, 2.75) is 12.8 Å². The molecule has 2 saturated heterocycles. The van der Waals surface area contributed by atoms with E-state index in [0.717, 1.165) is 6.42 Å². The SMILES string of the molecule is O=C(CCS(=O)(=O)N1CCOCC1)N1CCCO1. The van der Waals surface area contributed by atoms with Gasteiger partial charge >= 0.3 is 0 Å². The van der Waals surface area contributed by atoms with E-state index in [1.165, 1.54) is 9.37 Å². The van der Waals surface area contributed by atoms with Crippen LogP contribution in [-0.2, 0) is 24.4 Å². The van der Waals surface area contributed by atoms with Gasteiger partial charge in [-0.3, -0.25) is 9.63 Å². The van der Waals surface area contributed by atoms with Crippen molar-refractivity contribution in [2.24, 2.45) is 0 Å². The molecule has 0 N–H and O–H groups in total. The van der Waals surface area contributed by atoms with Crippen LogP contribution in [-0.4, -0.2) is 68.9 Å². The minimum atomic E-state index is -3.36. The summed E-state index contributed by atoms with van der Waals surface area (Å²) in [5.41, 5.74) is 0. The van der Waals surface area contributed by atoms with Crippen molar-refractivity contribution >= 4 is 15.9 Å². The first-order chi connectivity index (χ1) is 8.59. The van der Waals surface area contributed by atoms with Gasteiger partial charge in [-0.25, -0.2) is 13.5 Å². The molecule has 1 amide bonds. The van der Waals surface area contributed by atoms with E-state index in [1.807, 2.05) is 0 Å². The van der Waals surface area contributed by atoms with Crippen molar-refractivity contribution in [3.63, 3.8) is 0 Å². The number of rotatable bonds is 4. The Bertz CT molecular complexity index is 385. The van der Waals surface area contributed by atoms with E-state index in [1.54, 1.807) is 0 Å². The third kappa shape index (κ3) is 3.41. The van der Waals surface area contributed by atoms with Crippen LogP contribution in [0.4, 0.5) is 0 Å². The fourth-order valence-corrected chi connectivity index (χ4v) is 3.34. The van der Waals surface area contributed by atoms with Crippen molar-refractivity contribution < 1.29 is 22.8 Å². The molecule has 0 aromatic carbocycles. The van der Waals surface area contributed by atoms with Gasteiger partial charge in [0.05, 0.1) is 32.1 Å². The first-order valence-corrected chi connectivity index (χ1v) is 7.69. The quantitative estimate of drug-likeness (QED) is 0.673. The maximum absolute atomic E-state index is 12.0. The molecule has 0 aromatic rings. The van der Waals surface area contributed by atoms with Gasteiger partial charge in [-0.2, -0.15) is 4.31 Å². The first kappa shape index (κ1) is 13.7. The Morgan fingerprint density at radius 1 is 1.11 bits per heavy atom. The van der Waals surface area contributed by atoms with Crippen molar-refractivity contribution in [3.05, 3.63) is 0 Å². The second kappa shape index (κ2) is 5.96. The smallest absolute Gasteiger partial charge is 0.247 e. The number of hydrogen-bond donors (Lipinski definition) is 0. The van der Waals surface area contributed by atoms with Crippen LogP contribution < -0.4 is 0 Å². The summed E-state index contributed by atoms with van der Waals surface area (Å²) in [5.74, 6) is -0.421. The summed E-state index contributed by atoms with van der Waals surface area (Å²) in [7, 11) is -3.36. The van der Waals surface area contributed by atoms with E-state index in [-0.39, 0.29) is 18.1 Å². The molecule has 8 heteroatoms. The number of sulfonamides is 1. The van der Waals surface area contributed by atoms with Crippen LogP contribution in [0.15, 0.2) is 0 Å². The maximum Gasteiger partial charge on any atom is 0.247 e. The molecule has 0 radical (unpaired) electrons.